The smallest absolute Gasteiger partial charge is 0.227 e. The highest BCUT2D eigenvalue weighted by molar-refractivity contribution is 5.79. The molecule has 2 aromatic heterocycles. The van der Waals surface area contributed by atoms with Crippen LogP contribution in [0.15, 0.2) is 35.0 Å². The molecule has 0 aliphatic carbocycles. The topological polar surface area (TPSA) is 84.6 Å². The Morgan fingerprint density at radius 1 is 1.30 bits per heavy atom. The number of benzene rings is 1. The van der Waals surface area contributed by atoms with Crippen molar-refractivity contribution in [2.45, 2.75) is 39.0 Å². The number of methoxy groups -OCH3 is 1. The number of hydrogen-bond donors (Lipinski definition) is 0. The van der Waals surface area contributed by atoms with Crippen LogP contribution in [-0.4, -0.2) is 60.2 Å². The molecular formula is C25H31N5O3. The zero-order chi connectivity index (χ0) is 23.5. The summed E-state index contributed by atoms with van der Waals surface area (Å²) in [5.74, 6) is 2.38. The second-order valence-corrected chi connectivity index (χ2v) is 8.75. The lowest BCUT2D eigenvalue weighted by atomic mass is 9.89. The fourth-order valence-electron chi connectivity index (χ4n) is 4.37. The van der Waals surface area contributed by atoms with Gasteiger partial charge in [0.2, 0.25) is 11.9 Å². The van der Waals surface area contributed by atoms with E-state index in [9.17, 15) is 4.79 Å². The number of rotatable bonds is 6. The van der Waals surface area contributed by atoms with E-state index >= 15 is 0 Å². The fraction of sp³-hybridized carbons (Fsp3) is 0.440. The molecule has 1 aliphatic heterocycles. The van der Waals surface area contributed by atoms with Gasteiger partial charge >= 0.3 is 0 Å². The zero-order valence-corrected chi connectivity index (χ0v) is 20.0. The van der Waals surface area contributed by atoms with Gasteiger partial charge in [-0.05, 0) is 44.4 Å². The van der Waals surface area contributed by atoms with E-state index in [4.69, 9.17) is 14.2 Å². The van der Waals surface area contributed by atoms with Gasteiger partial charge in [0.1, 0.15) is 11.5 Å². The molecule has 1 atom stereocenters. The van der Waals surface area contributed by atoms with Crippen molar-refractivity contribution in [3.63, 3.8) is 0 Å². The first kappa shape index (κ1) is 22.8. The summed E-state index contributed by atoms with van der Waals surface area (Å²) in [4.78, 5) is 26.5. The number of anilines is 1. The first-order chi connectivity index (χ1) is 15.9. The molecule has 33 heavy (non-hydrogen) atoms. The van der Waals surface area contributed by atoms with Crippen molar-refractivity contribution in [1.29, 1.82) is 0 Å². The second-order valence-electron chi connectivity index (χ2n) is 8.75. The maximum absolute atomic E-state index is 13.2. The maximum Gasteiger partial charge on any atom is 0.227 e. The third-order valence-electron chi connectivity index (χ3n) is 6.26. The molecule has 3 aromatic rings. The third-order valence-corrected chi connectivity index (χ3v) is 6.26. The van der Waals surface area contributed by atoms with Crippen molar-refractivity contribution in [3.05, 3.63) is 53.2 Å². The minimum Gasteiger partial charge on any atom is -0.497 e. The Labute approximate surface area is 194 Å². The van der Waals surface area contributed by atoms with Crippen molar-refractivity contribution < 1.29 is 14.1 Å². The number of likely N-dealkylation sites (tertiary alicyclic amines) is 1. The predicted molar refractivity (Wildman–Crippen MR) is 127 cm³/mol. The minimum atomic E-state index is 0.0962. The number of hydrogen-bond acceptors (Lipinski definition) is 7. The number of ether oxygens (including phenoxy) is 1. The summed E-state index contributed by atoms with van der Waals surface area (Å²) >= 11 is 0. The normalized spacial score (nSPS) is 16.0. The summed E-state index contributed by atoms with van der Waals surface area (Å²) in [6.07, 6.45) is 4.09. The van der Waals surface area contributed by atoms with Crippen molar-refractivity contribution >= 4 is 11.9 Å². The van der Waals surface area contributed by atoms with Gasteiger partial charge in [-0.3, -0.25) is 4.79 Å². The number of piperidine rings is 1. The first-order valence-electron chi connectivity index (χ1n) is 11.3. The van der Waals surface area contributed by atoms with E-state index in [1.54, 1.807) is 7.11 Å². The van der Waals surface area contributed by atoms with E-state index < -0.39 is 0 Å². The van der Waals surface area contributed by atoms with Crippen LogP contribution in [0.25, 0.3) is 11.1 Å². The average Bonchev–Trinajstić information content (AvgIpc) is 3.15. The number of nitrogens with zero attached hydrogens (tertiary/aromatic N) is 5. The summed E-state index contributed by atoms with van der Waals surface area (Å²) in [6, 6.07) is 7.94. The lowest BCUT2D eigenvalue weighted by Crippen LogP contribution is -2.40. The first-order valence-corrected chi connectivity index (χ1v) is 11.3. The summed E-state index contributed by atoms with van der Waals surface area (Å²) in [5.41, 5.74) is 4.62. The van der Waals surface area contributed by atoms with E-state index in [0.29, 0.717) is 24.7 Å². The summed E-state index contributed by atoms with van der Waals surface area (Å²) in [6.45, 7) is 5.11. The standard InChI is InChI=1S/C25H31N5O3/c1-16-21(17(2)33-28-16)13-23(31)30-11-7-9-19(15-30)24-22(14-26-25(27-24)29(3)4)18-8-6-10-20(12-18)32-5/h6,8,10,12,14,19H,7,9,11,13,15H2,1-5H3. The maximum atomic E-state index is 13.2. The average molecular weight is 450 g/mol. The van der Waals surface area contributed by atoms with Gasteiger partial charge in [0.05, 0.1) is 24.9 Å². The van der Waals surface area contributed by atoms with Gasteiger partial charge in [-0.15, -0.1) is 0 Å². The van der Waals surface area contributed by atoms with Gasteiger partial charge in [-0.25, -0.2) is 9.97 Å². The van der Waals surface area contributed by atoms with Crippen LogP contribution in [0.4, 0.5) is 5.95 Å². The Kier molecular flexibility index (Phi) is 6.62. The van der Waals surface area contributed by atoms with Crippen LogP contribution < -0.4 is 9.64 Å². The number of aromatic nitrogens is 3. The second kappa shape index (κ2) is 9.60. The van der Waals surface area contributed by atoms with Gasteiger partial charge in [0, 0.05) is 50.4 Å². The Balaban J connectivity index is 1.64. The van der Waals surface area contributed by atoms with Gasteiger partial charge in [-0.1, -0.05) is 17.3 Å². The molecule has 1 amide bonds. The lowest BCUT2D eigenvalue weighted by Gasteiger charge is -2.33. The number of carbonyl (C=O) groups excluding carboxylic acids is 1. The molecule has 1 saturated heterocycles. The zero-order valence-electron chi connectivity index (χ0n) is 20.0. The summed E-state index contributed by atoms with van der Waals surface area (Å²) in [7, 11) is 5.53. The van der Waals surface area contributed by atoms with Gasteiger partial charge < -0.3 is 19.1 Å². The Morgan fingerprint density at radius 3 is 2.82 bits per heavy atom. The van der Waals surface area contributed by atoms with Crippen molar-refractivity contribution in [2.24, 2.45) is 0 Å². The molecule has 174 valence electrons. The molecule has 1 aliphatic rings. The Hall–Kier alpha value is -3.42. The number of carbonyl (C=O) groups is 1. The van der Waals surface area contributed by atoms with Gasteiger partial charge in [-0.2, -0.15) is 0 Å². The molecule has 1 fully saturated rings. The van der Waals surface area contributed by atoms with Gasteiger partial charge in [0.25, 0.3) is 0 Å². The quantitative estimate of drug-likeness (QED) is 0.566. The molecule has 0 N–H and O–H groups in total. The molecule has 0 bridgehead atoms. The predicted octanol–water partition coefficient (Wildman–Crippen LogP) is 3.77. The highest BCUT2D eigenvalue weighted by Gasteiger charge is 2.29. The highest BCUT2D eigenvalue weighted by Crippen LogP contribution is 2.35. The van der Waals surface area contributed by atoms with Crippen molar-refractivity contribution in [2.75, 3.05) is 39.2 Å². The lowest BCUT2D eigenvalue weighted by molar-refractivity contribution is -0.131. The Morgan fingerprint density at radius 2 is 2.12 bits per heavy atom. The number of amides is 1. The van der Waals surface area contributed by atoms with Crippen LogP contribution in [0, 0.1) is 13.8 Å². The van der Waals surface area contributed by atoms with Crippen LogP contribution in [0.3, 0.4) is 0 Å². The molecule has 8 nitrogen and oxygen atoms in total. The molecule has 0 spiro atoms. The van der Waals surface area contributed by atoms with Gasteiger partial charge in [0.15, 0.2) is 0 Å². The van der Waals surface area contributed by atoms with E-state index in [1.807, 2.05) is 68.2 Å². The molecule has 3 heterocycles. The van der Waals surface area contributed by atoms with Crippen LogP contribution in [0.5, 0.6) is 5.75 Å². The third kappa shape index (κ3) is 4.84. The number of aryl methyl sites for hydroxylation is 2. The SMILES string of the molecule is COc1cccc(-c2cnc(N(C)C)nc2C2CCCN(C(=O)Cc3c(C)noc3C)C2)c1. The van der Waals surface area contributed by atoms with Crippen LogP contribution in [0.2, 0.25) is 0 Å². The summed E-state index contributed by atoms with van der Waals surface area (Å²) < 4.78 is 10.7. The Bertz CT molecular complexity index is 1120. The minimum absolute atomic E-state index is 0.0962. The fourth-order valence-corrected chi connectivity index (χ4v) is 4.37. The van der Waals surface area contributed by atoms with E-state index in [0.717, 1.165) is 53.2 Å². The molecule has 0 saturated carbocycles. The van der Waals surface area contributed by atoms with Crippen molar-refractivity contribution in [3.8, 4) is 16.9 Å². The molecule has 1 unspecified atom stereocenters. The molecule has 4 rings (SSSR count). The van der Waals surface area contributed by atoms with Crippen LogP contribution >= 0.6 is 0 Å². The monoisotopic (exact) mass is 449 g/mol. The van der Waals surface area contributed by atoms with Crippen LogP contribution in [-0.2, 0) is 11.2 Å². The molecular weight excluding hydrogens is 418 g/mol. The molecule has 8 heteroatoms. The largest absolute Gasteiger partial charge is 0.497 e. The van der Waals surface area contributed by atoms with Crippen molar-refractivity contribution in [1.82, 2.24) is 20.0 Å². The van der Waals surface area contributed by atoms with E-state index in [-0.39, 0.29) is 11.8 Å². The molecule has 0 radical (unpaired) electrons. The van der Waals surface area contributed by atoms with Crippen LogP contribution in [0.1, 0.15) is 41.5 Å². The highest BCUT2D eigenvalue weighted by atomic mass is 16.5. The molecule has 1 aromatic carbocycles. The van der Waals surface area contributed by atoms with E-state index in [2.05, 4.69) is 10.1 Å². The summed E-state index contributed by atoms with van der Waals surface area (Å²) in [5, 5.41) is 3.98. The van der Waals surface area contributed by atoms with E-state index in [1.165, 1.54) is 0 Å².